The number of likely N-dealkylation sites (tertiary alicyclic amines) is 1. The van der Waals surface area contributed by atoms with Crippen LogP contribution >= 0.6 is 0 Å². The summed E-state index contributed by atoms with van der Waals surface area (Å²) >= 11 is 0. The van der Waals surface area contributed by atoms with E-state index in [-0.39, 0.29) is 53.4 Å². The van der Waals surface area contributed by atoms with Crippen LogP contribution in [-0.2, 0) is 29.1 Å². The summed E-state index contributed by atoms with van der Waals surface area (Å²) in [6, 6.07) is 5.59. The van der Waals surface area contributed by atoms with Crippen LogP contribution in [0.2, 0.25) is 0 Å². The topological polar surface area (TPSA) is 198 Å². The third-order valence-corrected chi connectivity index (χ3v) is 9.64. The number of nitrogens with two attached hydrogens (primary N) is 1. The first-order chi connectivity index (χ1) is 19.9. The number of carbonyl (C=O) groups excluding carboxylic acids is 3. The molecule has 15 heteroatoms. The van der Waals surface area contributed by atoms with Crippen molar-refractivity contribution in [2.75, 3.05) is 31.1 Å². The van der Waals surface area contributed by atoms with Gasteiger partial charge in [0.05, 0.1) is 12.0 Å². The summed E-state index contributed by atoms with van der Waals surface area (Å²) in [5.74, 6) is -0.957. The zero-order chi connectivity index (χ0) is 30.7. The number of aromatic nitrogens is 1. The van der Waals surface area contributed by atoms with E-state index in [4.69, 9.17) is 20.2 Å². The van der Waals surface area contributed by atoms with Crippen LogP contribution in [0, 0.1) is 19.3 Å². The molecule has 4 rings (SSSR count). The fraction of sp³-hybridized carbons (Fsp3) is 0.519. The molecule has 0 bridgehead atoms. The van der Waals surface area contributed by atoms with Crippen LogP contribution in [0.25, 0.3) is 0 Å². The summed E-state index contributed by atoms with van der Waals surface area (Å²) in [5, 5.41) is 15.5. The Labute approximate surface area is 243 Å². The minimum Gasteiger partial charge on any atom is -0.465 e. The van der Waals surface area contributed by atoms with Gasteiger partial charge in [0.2, 0.25) is 21.8 Å². The van der Waals surface area contributed by atoms with Crippen LogP contribution in [0.3, 0.4) is 0 Å². The number of hydrogen-bond donors (Lipinski definition) is 3. The van der Waals surface area contributed by atoms with Crippen molar-refractivity contribution in [2.45, 2.75) is 63.8 Å². The number of esters is 1. The molecule has 4 N–H and O–H groups in total. The lowest BCUT2D eigenvalue weighted by Gasteiger charge is -2.38. The average Bonchev–Trinajstić information content (AvgIpc) is 3.48. The van der Waals surface area contributed by atoms with E-state index in [1.54, 1.807) is 41.0 Å². The van der Waals surface area contributed by atoms with Crippen LogP contribution in [0.5, 0.6) is 0 Å². The lowest BCUT2D eigenvalue weighted by atomic mass is 9.77. The molecule has 1 aromatic heterocycles. The van der Waals surface area contributed by atoms with E-state index in [9.17, 15) is 22.8 Å². The second kappa shape index (κ2) is 12.5. The van der Waals surface area contributed by atoms with E-state index in [0.29, 0.717) is 50.1 Å². The number of hydrogen-bond acceptors (Lipinski definition) is 10. The number of sulfonamides is 1. The van der Waals surface area contributed by atoms with Gasteiger partial charge in [0, 0.05) is 37.3 Å². The molecule has 2 aliphatic rings. The monoisotopic (exact) mass is 604 g/mol. The maximum absolute atomic E-state index is 13.5. The molecule has 2 amide bonds. The molecule has 2 aliphatic heterocycles. The summed E-state index contributed by atoms with van der Waals surface area (Å²) in [6.45, 7) is 5.87. The van der Waals surface area contributed by atoms with Gasteiger partial charge in [-0.2, -0.15) is 4.72 Å². The number of amidine groups is 1. The van der Waals surface area contributed by atoms with E-state index in [2.05, 4.69) is 15.0 Å². The Bertz CT molecular complexity index is 1440. The number of oxime groups is 1. The number of nitrogens with zero attached hydrogens (tertiary/aromatic N) is 4. The van der Waals surface area contributed by atoms with Crippen molar-refractivity contribution in [3.05, 3.63) is 41.3 Å². The molecule has 1 atom stereocenters. The van der Waals surface area contributed by atoms with Gasteiger partial charge in [-0.15, -0.1) is 0 Å². The van der Waals surface area contributed by atoms with Gasteiger partial charge in [-0.1, -0.05) is 10.3 Å². The second-order valence-corrected chi connectivity index (χ2v) is 12.2. The molecule has 42 heavy (non-hydrogen) atoms. The molecule has 2 fully saturated rings. The van der Waals surface area contributed by atoms with E-state index < -0.39 is 27.4 Å². The predicted octanol–water partition coefficient (Wildman–Crippen LogP) is 1.42. The second-order valence-electron chi connectivity index (χ2n) is 10.5. The third kappa shape index (κ3) is 6.26. The minimum atomic E-state index is -4.17. The van der Waals surface area contributed by atoms with E-state index in [1.165, 1.54) is 13.8 Å². The van der Waals surface area contributed by atoms with E-state index in [0.717, 1.165) is 0 Å². The molecule has 0 radical (unpaired) electrons. The fourth-order valence-electron chi connectivity index (χ4n) is 5.58. The third-order valence-electron chi connectivity index (χ3n) is 7.92. The summed E-state index contributed by atoms with van der Waals surface area (Å²) in [4.78, 5) is 42.4. The number of amides is 2. The van der Waals surface area contributed by atoms with Gasteiger partial charge in [-0.05, 0) is 70.7 Å². The Morgan fingerprint density at radius 3 is 2.40 bits per heavy atom. The van der Waals surface area contributed by atoms with Crippen molar-refractivity contribution in [1.82, 2.24) is 14.8 Å². The molecule has 1 aromatic carbocycles. The molecular weight excluding hydrogens is 568 g/mol. The van der Waals surface area contributed by atoms with Crippen molar-refractivity contribution >= 4 is 39.3 Å². The highest BCUT2D eigenvalue weighted by Gasteiger charge is 2.49. The van der Waals surface area contributed by atoms with Gasteiger partial charge in [-0.25, -0.2) is 8.42 Å². The summed E-state index contributed by atoms with van der Waals surface area (Å²) < 4.78 is 38.3. The van der Waals surface area contributed by atoms with E-state index in [1.807, 2.05) is 0 Å². The molecule has 0 unspecified atom stereocenters. The predicted molar refractivity (Wildman–Crippen MR) is 150 cm³/mol. The van der Waals surface area contributed by atoms with Gasteiger partial charge in [0.25, 0.3) is 0 Å². The molecule has 0 saturated carbocycles. The number of benzene rings is 1. The van der Waals surface area contributed by atoms with Gasteiger partial charge in [0.1, 0.15) is 16.6 Å². The van der Waals surface area contributed by atoms with Crippen LogP contribution in [0.15, 0.2) is 38.8 Å². The minimum absolute atomic E-state index is 0.00208. The smallest absolute Gasteiger partial charge is 0.324 e. The van der Waals surface area contributed by atoms with Gasteiger partial charge >= 0.3 is 5.97 Å². The number of piperidine rings is 1. The molecule has 2 aromatic rings. The quantitative estimate of drug-likeness (QED) is 0.117. The molecule has 1 spiro atoms. The van der Waals surface area contributed by atoms with Gasteiger partial charge in [-0.3, -0.25) is 14.4 Å². The number of nitrogens with one attached hydrogen (secondary N) is 1. The first kappa shape index (κ1) is 31.0. The van der Waals surface area contributed by atoms with Crippen LogP contribution < -0.4 is 15.4 Å². The van der Waals surface area contributed by atoms with Crippen molar-refractivity contribution in [3.63, 3.8) is 0 Å². The summed E-state index contributed by atoms with van der Waals surface area (Å²) in [7, 11) is -4.17. The van der Waals surface area contributed by atoms with Crippen LogP contribution in [0.4, 0.5) is 5.69 Å². The standard InChI is InChI=1S/C27H36N6O8S/c1-4-40-25(35)21(31-42(38,39)23-17(2)30-41-18(23)3)9-10-22(34)32-14-11-27(12-15-32)13-16-33(26(27)36)20-7-5-19(6-8-20)24(28)29-37/h5-8,21,31,37H,4,9-16H2,1-3H3,(H2,28,29)/t21-/m0/s1. The molecular formula is C27H36N6O8S. The molecule has 228 valence electrons. The molecule has 3 heterocycles. The fourth-order valence-corrected chi connectivity index (χ4v) is 7.13. The summed E-state index contributed by atoms with van der Waals surface area (Å²) in [6.07, 6.45) is 1.46. The van der Waals surface area contributed by atoms with E-state index >= 15 is 0 Å². The first-order valence-electron chi connectivity index (χ1n) is 13.7. The Hall–Kier alpha value is -3.98. The lowest BCUT2D eigenvalue weighted by Crippen LogP contribution is -2.47. The zero-order valence-corrected chi connectivity index (χ0v) is 24.6. The Morgan fingerprint density at radius 2 is 1.83 bits per heavy atom. The maximum Gasteiger partial charge on any atom is 0.324 e. The van der Waals surface area contributed by atoms with Crippen molar-refractivity contribution in [2.24, 2.45) is 16.3 Å². The zero-order valence-electron chi connectivity index (χ0n) is 23.8. The van der Waals surface area contributed by atoms with Gasteiger partial charge in [0.15, 0.2) is 11.6 Å². The number of ether oxygens (including phenoxy) is 1. The largest absolute Gasteiger partial charge is 0.465 e. The number of rotatable bonds is 10. The SMILES string of the molecule is CCOC(=O)[C@H](CCC(=O)N1CCC2(CC1)CCN(c1ccc(C(N)=NO)cc1)C2=O)NS(=O)(=O)c1c(C)noc1C. The van der Waals surface area contributed by atoms with Crippen molar-refractivity contribution < 1.29 is 37.3 Å². The highest BCUT2D eigenvalue weighted by atomic mass is 32.2. The van der Waals surface area contributed by atoms with Crippen LogP contribution in [-0.4, -0.2) is 79.6 Å². The normalized spacial score (nSPS) is 18.0. The Morgan fingerprint density at radius 1 is 1.19 bits per heavy atom. The maximum atomic E-state index is 13.5. The Balaban J connectivity index is 1.36. The molecule has 14 nitrogen and oxygen atoms in total. The summed E-state index contributed by atoms with van der Waals surface area (Å²) in [5.41, 5.74) is 6.46. The van der Waals surface area contributed by atoms with Crippen LogP contribution in [0.1, 0.15) is 56.0 Å². The number of carbonyl (C=O) groups is 3. The highest BCUT2D eigenvalue weighted by molar-refractivity contribution is 7.89. The first-order valence-corrected chi connectivity index (χ1v) is 15.2. The van der Waals surface area contributed by atoms with Crippen molar-refractivity contribution in [3.8, 4) is 0 Å². The van der Waals surface area contributed by atoms with Crippen molar-refractivity contribution in [1.29, 1.82) is 0 Å². The lowest BCUT2D eigenvalue weighted by molar-refractivity contribution is -0.145. The molecule has 0 aliphatic carbocycles. The number of aryl methyl sites for hydroxylation is 2. The Kier molecular flexibility index (Phi) is 9.21. The van der Waals surface area contributed by atoms with Gasteiger partial charge < -0.3 is 30.0 Å². The molecule has 2 saturated heterocycles. The average molecular weight is 605 g/mol. The highest BCUT2D eigenvalue weighted by Crippen LogP contribution is 2.43. The number of anilines is 1.